The lowest BCUT2D eigenvalue weighted by molar-refractivity contribution is -0.137. The zero-order valence-electron chi connectivity index (χ0n) is 9.49. The van der Waals surface area contributed by atoms with E-state index in [1.807, 2.05) is 0 Å². The SMILES string of the molecule is Cc1cc(C(F)(F)F)ccc1-c1nccc(N)n1. The highest BCUT2D eigenvalue weighted by Crippen LogP contribution is 2.32. The highest BCUT2D eigenvalue weighted by Gasteiger charge is 2.30. The number of nitrogens with zero attached hydrogens (tertiary/aromatic N) is 2. The molecule has 0 bridgehead atoms. The molecule has 0 unspecified atom stereocenters. The van der Waals surface area contributed by atoms with Crippen LogP contribution < -0.4 is 5.73 Å². The van der Waals surface area contributed by atoms with Gasteiger partial charge in [0.15, 0.2) is 5.82 Å². The van der Waals surface area contributed by atoms with Crippen LogP contribution in [-0.4, -0.2) is 9.97 Å². The number of hydrogen-bond donors (Lipinski definition) is 1. The van der Waals surface area contributed by atoms with E-state index >= 15 is 0 Å². The predicted molar refractivity (Wildman–Crippen MR) is 61.6 cm³/mol. The first-order valence-corrected chi connectivity index (χ1v) is 5.14. The third-order valence-corrected chi connectivity index (χ3v) is 2.47. The molecule has 0 fully saturated rings. The van der Waals surface area contributed by atoms with E-state index in [0.29, 0.717) is 17.0 Å². The second-order valence-corrected chi connectivity index (χ2v) is 3.83. The molecule has 0 aliphatic carbocycles. The molecular weight excluding hydrogens is 243 g/mol. The van der Waals surface area contributed by atoms with Gasteiger partial charge in [0.05, 0.1) is 5.56 Å². The van der Waals surface area contributed by atoms with E-state index in [-0.39, 0.29) is 5.82 Å². The molecule has 1 heterocycles. The van der Waals surface area contributed by atoms with Gasteiger partial charge < -0.3 is 5.73 Å². The number of aromatic nitrogens is 2. The minimum atomic E-state index is -4.35. The number of aryl methyl sites for hydroxylation is 1. The smallest absolute Gasteiger partial charge is 0.384 e. The Morgan fingerprint density at radius 2 is 1.89 bits per heavy atom. The Kier molecular flexibility index (Phi) is 2.94. The van der Waals surface area contributed by atoms with Crippen molar-refractivity contribution in [2.45, 2.75) is 13.1 Å². The zero-order valence-corrected chi connectivity index (χ0v) is 9.49. The van der Waals surface area contributed by atoms with Gasteiger partial charge in [0.2, 0.25) is 0 Å². The van der Waals surface area contributed by atoms with Crippen molar-refractivity contribution in [3.05, 3.63) is 41.6 Å². The van der Waals surface area contributed by atoms with Gasteiger partial charge in [-0.05, 0) is 30.7 Å². The molecule has 0 aliphatic heterocycles. The standard InChI is InChI=1S/C12H10F3N3/c1-7-6-8(12(13,14)15)2-3-9(7)11-17-5-4-10(16)18-11/h2-6H,1H3,(H2,16,17,18). The molecule has 0 amide bonds. The van der Waals surface area contributed by atoms with Gasteiger partial charge in [-0.25, -0.2) is 9.97 Å². The van der Waals surface area contributed by atoms with E-state index in [1.165, 1.54) is 18.3 Å². The molecule has 0 aliphatic rings. The van der Waals surface area contributed by atoms with Crippen LogP contribution in [0.4, 0.5) is 19.0 Å². The van der Waals surface area contributed by atoms with Crippen molar-refractivity contribution in [2.24, 2.45) is 0 Å². The van der Waals surface area contributed by atoms with Crippen LogP contribution in [0.5, 0.6) is 0 Å². The maximum atomic E-state index is 12.5. The van der Waals surface area contributed by atoms with Crippen molar-refractivity contribution in [3.63, 3.8) is 0 Å². The summed E-state index contributed by atoms with van der Waals surface area (Å²) in [5.41, 5.74) is 5.82. The molecule has 6 heteroatoms. The van der Waals surface area contributed by atoms with E-state index < -0.39 is 11.7 Å². The van der Waals surface area contributed by atoms with Crippen LogP contribution in [0, 0.1) is 6.92 Å². The Morgan fingerprint density at radius 3 is 2.44 bits per heavy atom. The van der Waals surface area contributed by atoms with Gasteiger partial charge in [0.25, 0.3) is 0 Å². The van der Waals surface area contributed by atoms with Crippen LogP contribution in [0.15, 0.2) is 30.5 Å². The van der Waals surface area contributed by atoms with Crippen molar-refractivity contribution in [1.82, 2.24) is 9.97 Å². The second-order valence-electron chi connectivity index (χ2n) is 3.83. The molecular formula is C12H10F3N3. The summed E-state index contributed by atoms with van der Waals surface area (Å²) in [7, 11) is 0. The third-order valence-electron chi connectivity index (χ3n) is 2.47. The molecule has 0 spiro atoms. The molecule has 2 aromatic rings. The molecule has 3 nitrogen and oxygen atoms in total. The number of alkyl halides is 3. The monoisotopic (exact) mass is 253 g/mol. The largest absolute Gasteiger partial charge is 0.416 e. The van der Waals surface area contributed by atoms with E-state index in [0.717, 1.165) is 12.1 Å². The molecule has 18 heavy (non-hydrogen) atoms. The van der Waals surface area contributed by atoms with Crippen molar-refractivity contribution in [1.29, 1.82) is 0 Å². The minimum absolute atomic E-state index is 0.277. The molecule has 1 aromatic carbocycles. The summed E-state index contributed by atoms with van der Waals surface area (Å²) in [5, 5.41) is 0. The minimum Gasteiger partial charge on any atom is -0.384 e. The molecule has 94 valence electrons. The van der Waals surface area contributed by atoms with Crippen LogP contribution in [0.3, 0.4) is 0 Å². The van der Waals surface area contributed by atoms with Crippen LogP contribution in [0.2, 0.25) is 0 Å². The molecule has 1 aromatic heterocycles. The number of nitrogens with two attached hydrogens (primary N) is 1. The number of nitrogen functional groups attached to an aromatic ring is 1. The van der Waals surface area contributed by atoms with Crippen molar-refractivity contribution in [3.8, 4) is 11.4 Å². The average molecular weight is 253 g/mol. The van der Waals surface area contributed by atoms with Gasteiger partial charge in [-0.2, -0.15) is 13.2 Å². The second kappa shape index (κ2) is 4.29. The summed E-state index contributed by atoms with van der Waals surface area (Å²) in [6, 6.07) is 4.95. The predicted octanol–water partition coefficient (Wildman–Crippen LogP) is 3.05. The maximum absolute atomic E-state index is 12.5. The zero-order chi connectivity index (χ0) is 13.3. The Labute approximate surface area is 101 Å². The first-order chi connectivity index (χ1) is 8.38. The summed E-state index contributed by atoms with van der Waals surface area (Å²) < 4.78 is 37.5. The fourth-order valence-corrected chi connectivity index (χ4v) is 1.59. The highest BCUT2D eigenvalue weighted by molar-refractivity contribution is 5.61. The van der Waals surface area contributed by atoms with E-state index in [9.17, 15) is 13.2 Å². The molecule has 0 atom stereocenters. The molecule has 2 rings (SSSR count). The molecule has 0 radical (unpaired) electrons. The van der Waals surface area contributed by atoms with E-state index in [4.69, 9.17) is 5.73 Å². The Bertz CT molecular complexity index is 579. The normalized spacial score (nSPS) is 11.6. The van der Waals surface area contributed by atoms with Crippen LogP contribution in [0.1, 0.15) is 11.1 Å². The summed E-state index contributed by atoms with van der Waals surface area (Å²) in [5.74, 6) is 0.598. The van der Waals surface area contributed by atoms with Gasteiger partial charge >= 0.3 is 6.18 Å². The fourth-order valence-electron chi connectivity index (χ4n) is 1.59. The summed E-state index contributed by atoms with van der Waals surface area (Å²) in [4.78, 5) is 7.97. The first-order valence-electron chi connectivity index (χ1n) is 5.14. The Morgan fingerprint density at radius 1 is 1.17 bits per heavy atom. The Balaban J connectivity index is 2.48. The van der Waals surface area contributed by atoms with Gasteiger partial charge in [-0.15, -0.1) is 0 Å². The lowest BCUT2D eigenvalue weighted by Crippen LogP contribution is -2.05. The maximum Gasteiger partial charge on any atom is 0.416 e. The quantitative estimate of drug-likeness (QED) is 0.849. The van der Waals surface area contributed by atoms with Crippen LogP contribution in [-0.2, 0) is 6.18 Å². The number of benzene rings is 1. The van der Waals surface area contributed by atoms with Crippen molar-refractivity contribution < 1.29 is 13.2 Å². The lowest BCUT2D eigenvalue weighted by atomic mass is 10.0. The topological polar surface area (TPSA) is 51.8 Å². The van der Waals surface area contributed by atoms with E-state index in [1.54, 1.807) is 6.92 Å². The van der Waals surface area contributed by atoms with Gasteiger partial charge in [-0.1, -0.05) is 6.07 Å². The molecule has 0 saturated carbocycles. The van der Waals surface area contributed by atoms with Crippen molar-refractivity contribution in [2.75, 3.05) is 5.73 Å². The number of anilines is 1. The first kappa shape index (κ1) is 12.3. The Hall–Kier alpha value is -2.11. The van der Waals surface area contributed by atoms with Gasteiger partial charge in [-0.3, -0.25) is 0 Å². The van der Waals surface area contributed by atoms with Crippen molar-refractivity contribution >= 4 is 5.82 Å². The number of hydrogen-bond acceptors (Lipinski definition) is 3. The fraction of sp³-hybridized carbons (Fsp3) is 0.167. The summed E-state index contributed by atoms with van der Waals surface area (Å²) >= 11 is 0. The summed E-state index contributed by atoms with van der Waals surface area (Å²) in [6.45, 7) is 1.58. The average Bonchev–Trinajstić information content (AvgIpc) is 2.27. The molecule has 0 saturated heterocycles. The number of rotatable bonds is 1. The lowest BCUT2D eigenvalue weighted by Gasteiger charge is -2.10. The van der Waals surface area contributed by atoms with Crippen LogP contribution >= 0.6 is 0 Å². The number of halogens is 3. The highest BCUT2D eigenvalue weighted by atomic mass is 19.4. The van der Waals surface area contributed by atoms with Gasteiger partial charge in [0.1, 0.15) is 5.82 Å². The summed E-state index contributed by atoms with van der Waals surface area (Å²) in [6.07, 6.45) is -2.88. The van der Waals surface area contributed by atoms with Crippen LogP contribution in [0.25, 0.3) is 11.4 Å². The molecule has 2 N–H and O–H groups in total. The van der Waals surface area contributed by atoms with E-state index in [2.05, 4.69) is 9.97 Å². The third kappa shape index (κ3) is 2.42. The van der Waals surface area contributed by atoms with Gasteiger partial charge in [0, 0.05) is 11.8 Å².